The van der Waals surface area contributed by atoms with Crippen molar-refractivity contribution in [2.45, 2.75) is 66.7 Å². The molecule has 1 heteroatoms. The first-order valence-corrected chi connectivity index (χ1v) is 10.3. The molecular weight excluding hydrogens is 326 g/mol. The van der Waals surface area contributed by atoms with Crippen molar-refractivity contribution in [3.05, 3.63) is 76.5 Å². The van der Waals surface area contributed by atoms with Crippen LogP contribution in [0.15, 0.2) is 54.3 Å². The highest BCUT2D eigenvalue weighted by molar-refractivity contribution is 5.74. The molecule has 1 heterocycles. The molecule has 0 radical (unpaired) electrons. The largest absolute Gasteiger partial charge is 0.347 e. The molecule has 0 bridgehead atoms. The highest BCUT2D eigenvalue weighted by atomic mass is 15.2. The topological polar surface area (TPSA) is 3.24 Å². The lowest BCUT2D eigenvalue weighted by molar-refractivity contribution is 0.632. The summed E-state index contributed by atoms with van der Waals surface area (Å²) < 4.78 is 0. The number of nitrogens with zero attached hydrogens (tertiary/aromatic N) is 1. The number of likely N-dealkylation sites (N-methyl/N-ethyl adjacent to an activating group) is 1. The normalized spacial score (nSPS) is 18.1. The summed E-state index contributed by atoms with van der Waals surface area (Å²) in [5.74, 6) is 0.719. The average Bonchev–Trinajstić information content (AvgIpc) is 2.78. The van der Waals surface area contributed by atoms with Crippen molar-refractivity contribution in [2.75, 3.05) is 11.9 Å². The number of allylic oxidation sites excluding steroid dienone is 8. The first-order chi connectivity index (χ1) is 12.7. The lowest BCUT2D eigenvalue weighted by Crippen LogP contribution is -2.23. The van der Waals surface area contributed by atoms with E-state index in [1.54, 1.807) is 0 Å². The molecule has 1 aromatic rings. The molecule has 0 spiro atoms. The lowest BCUT2D eigenvalue weighted by Gasteiger charge is -2.25. The summed E-state index contributed by atoms with van der Waals surface area (Å²) in [6, 6.07) is 2.36. The third kappa shape index (κ3) is 4.46. The van der Waals surface area contributed by atoms with Gasteiger partial charge in [-0.05, 0) is 67.0 Å². The minimum Gasteiger partial charge on any atom is -0.347 e. The molecule has 146 valence electrons. The van der Waals surface area contributed by atoms with Crippen molar-refractivity contribution in [3.63, 3.8) is 0 Å². The van der Waals surface area contributed by atoms with E-state index in [1.807, 2.05) is 0 Å². The zero-order valence-corrected chi connectivity index (χ0v) is 18.6. The molecule has 1 aromatic carbocycles. The first kappa shape index (κ1) is 21.3. The monoisotopic (exact) mass is 363 g/mol. The highest BCUT2D eigenvalue weighted by Crippen LogP contribution is 2.50. The number of anilines is 1. The number of benzene rings is 1. The molecule has 0 saturated heterocycles. The Morgan fingerprint density at radius 3 is 2.30 bits per heavy atom. The zero-order valence-electron chi connectivity index (χ0n) is 18.6. The number of fused-ring (bicyclic) bond motifs is 1. The van der Waals surface area contributed by atoms with Crippen LogP contribution < -0.4 is 4.90 Å². The SMILES string of the molecule is CCc1c(C)c(C)cc2c1C(C)(C)C(=CC=CC=CC=CCC(C)C)N2C. The number of rotatable bonds is 6. The van der Waals surface area contributed by atoms with Gasteiger partial charge < -0.3 is 4.90 Å². The van der Waals surface area contributed by atoms with Gasteiger partial charge in [0.05, 0.1) is 0 Å². The van der Waals surface area contributed by atoms with Gasteiger partial charge in [0.2, 0.25) is 0 Å². The highest BCUT2D eigenvalue weighted by Gasteiger charge is 2.40. The van der Waals surface area contributed by atoms with Crippen molar-refractivity contribution in [3.8, 4) is 0 Å². The van der Waals surface area contributed by atoms with E-state index in [4.69, 9.17) is 0 Å². The fourth-order valence-corrected chi connectivity index (χ4v) is 4.14. The molecule has 2 rings (SSSR count). The minimum absolute atomic E-state index is 0.0269. The number of hydrogen-bond acceptors (Lipinski definition) is 1. The van der Waals surface area contributed by atoms with Crippen LogP contribution in [0.25, 0.3) is 0 Å². The third-order valence-electron chi connectivity index (χ3n) is 5.74. The van der Waals surface area contributed by atoms with Crippen molar-refractivity contribution in [1.29, 1.82) is 0 Å². The van der Waals surface area contributed by atoms with E-state index >= 15 is 0 Å². The van der Waals surface area contributed by atoms with E-state index in [0.717, 1.165) is 18.8 Å². The van der Waals surface area contributed by atoms with E-state index in [-0.39, 0.29) is 5.41 Å². The maximum absolute atomic E-state index is 2.37. The summed E-state index contributed by atoms with van der Waals surface area (Å²) in [6.45, 7) is 16.0. The van der Waals surface area contributed by atoms with Crippen molar-refractivity contribution >= 4 is 5.69 Å². The van der Waals surface area contributed by atoms with Crippen molar-refractivity contribution < 1.29 is 0 Å². The van der Waals surface area contributed by atoms with E-state index in [0.29, 0.717) is 0 Å². The molecule has 27 heavy (non-hydrogen) atoms. The molecule has 0 N–H and O–H groups in total. The van der Waals surface area contributed by atoms with Crippen LogP contribution in [0.1, 0.15) is 63.3 Å². The quantitative estimate of drug-likeness (QED) is 0.483. The van der Waals surface area contributed by atoms with Gasteiger partial charge in [-0.3, -0.25) is 0 Å². The first-order valence-electron chi connectivity index (χ1n) is 10.3. The smallest absolute Gasteiger partial charge is 0.0453 e. The molecular formula is C26H37N. The Morgan fingerprint density at radius 2 is 1.67 bits per heavy atom. The van der Waals surface area contributed by atoms with Crippen molar-refractivity contribution in [1.82, 2.24) is 0 Å². The summed E-state index contributed by atoms with van der Waals surface area (Å²) >= 11 is 0. The Bertz CT molecular complexity index is 785. The summed E-state index contributed by atoms with van der Waals surface area (Å²) in [7, 11) is 2.20. The molecule has 0 atom stereocenters. The fraction of sp³-hybridized carbons (Fsp3) is 0.462. The van der Waals surface area contributed by atoms with Gasteiger partial charge in [0.15, 0.2) is 0 Å². The molecule has 0 fully saturated rings. The Balaban J connectivity index is 2.26. The van der Waals surface area contributed by atoms with Crippen LogP contribution >= 0.6 is 0 Å². The molecule has 0 amide bonds. The summed E-state index contributed by atoms with van der Waals surface area (Å²) in [6.07, 6.45) is 17.4. The maximum Gasteiger partial charge on any atom is 0.0453 e. The lowest BCUT2D eigenvalue weighted by atomic mass is 9.78. The van der Waals surface area contributed by atoms with E-state index < -0.39 is 0 Å². The molecule has 0 saturated carbocycles. The number of aryl methyl sites for hydroxylation is 1. The fourth-order valence-electron chi connectivity index (χ4n) is 4.14. The molecule has 1 aliphatic rings. The summed E-state index contributed by atoms with van der Waals surface area (Å²) in [5, 5.41) is 0. The third-order valence-corrected chi connectivity index (χ3v) is 5.74. The maximum atomic E-state index is 2.37. The molecule has 0 aliphatic carbocycles. The van der Waals surface area contributed by atoms with Gasteiger partial charge in [0.1, 0.15) is 0 Å². The van der Waals surface area contributed by atoms with Gasteiger partial charge in [-0.15, -0.1) is 0 Å². The van der Waals surface area contributed by atoms with Crippen LogP contribution in [0.3, 0.4) is 0 Å². The van der Waals surface area contributed by atoms with Gasteiger partial charge in [-0.1, -0.05) is 71.1 Å². The van der Waals surface area contributed by atoms with E-state index in [2.05, 4.69) is 109 Å². The minimum atomic E-state index is 0.0269. The standard InChI is InChI=1S/C26H37N/c1-9-22-21(5)20(4)18-23-25(22)26(6,7)24(27(23)8)17-15-13-11-10-12-14-16-19(2)3/h10-15,17-19H,9,16H2,1-8H3. The van der Waals surface area contributed by atoms with Crippen LogP contribution in [0.5, 0.6) is 0 Å². The van der Waals surface area contributed by atoms with Crippen LogP contribution in [0, 0.1) is 19.8 Å². The van der Waals surface area contributed by atoms with Gasteiger partial charge in [-0.2, -0.15) is 0 Å². The van der Waals surface area contributed by atoms with E-state index in [9.17, 15) is 0 Å². The molecule has 0 aromatic heterocycles. The summed E-state index contributed by atoms with van der Waals surface area (Å²) in [4.78, 5) is 2.37. The second-order valence-corrected chi connectivity index (χ2v) is 8.61. The van der Waals surface area contributed by atoms with Gasteiger partial charge in [0.25, 0.3) is 0 Å². The summed E-state index contributed by atoms with van der Waals surface area (Å²) in [5.41, 5.74) is 8.61. The predicted octanol–water partition coefficient (Wildman–Crippen LogP) is 7.19. The molecule has 0 unspecified atom stereocenters. The zero-order chi connectivity index (χ0) is 20.2. The second kappa shape index (κ2) is 8.78. The van der Waals surface area contributed by atoms with Gasteiger partial charge in [0, 0.05) is 23.8 Å². The predicted molar refractivity (Wildman–Crippen MR) is 122 cm³/mol. The van der Waals surface area contributed by atoms with Crippen molar-refractivity contribution in [2.24, 2.45) is 5.92 Å². The second-order valence-electron chi connectivity index (χ2n) is 8.61. The number of hydrogen-bond donors (Lipinski definition) is 0. The average molecular weight is 364 g/mol. The Labute approximate surface area is 167 Å². The van der Waals surface area contributed by atoms with Crippen LogP contribution in [0.2, 0.25) is 0 Å². The van der Waals surface area contributed by atoms with Gasteiger partial charge in [-0.25, -0.2) is 0 Å². The van der Waals surface area contributed by atoms with Gasteiger partial charge >= 0.3 is 0 Å². The molecule has 1 nitrogen and oxygen atoms in total. The Morgan fingerprint density at radius 1 is 1.04 bits per heavy atom. The Hall–Kier alpha value is -2.02. The van der Waals surface area contributed by atoms with Crippen LogP contribution in [-0.4, -0.2) is 7.05 Å². The van der Waals surface area contributed by atoms with Crippen LogP contribution in [-0.2, 0) is 11.8 Å². The van der Waals surface area contributed by atoms with Crippen LogP contribution in [0.4, 0.5) is 5.69 Å². The Kier molecular flexibility index (Phi) is 6.92. The molecule has 1 aliphatic heterocycles. The van der Waals surface area contributed by atoms with E-state index in [1.165, 1.54) is 33.6 Å².